The lowest BCUT2D eigenvalue weighted by Gasteiger charge is -2.34. The topological polar surface area (TPSA) is 66.6 Å². The molecule has 1 saturated heterocycles. The summed E-state index contributed by atoms with van der Waals surface area (Å²) < 4.78 is 0. The number of rotatable bonds is 3. The van der Waals surface area contributed by atoms with Crippen LogP contribution in [0.5, 0.6) is 0 Å². The van der Waals surface area contributed by atoms with E-state index in [-0.39, 0.29) is 18.4 Å². The molecule has 0 radical (unpaired) electrons. The Kier molecular flexibility index (Phi) is 4.09. The van der Waals surface area contributed by atoms with Gasteiger partial charge in [-0.25, -0.2) is 0 Å². The largest absolute Gasteiger partial charge is 0.392 e. The molecule has 0 aliphatic carbocycles. The summed E-state index contributed by atoms with van der Waals surface area (Å²) in [6, 6.07) is 5.53. The Morgan fingerprint density at radius 1 is 1.56 bits per heavy atom. The van der Waals surface area contributed by atoms with Crippen LogP contribution in [-0.2, 0) is 11.4 Å². The molecule has 1 aliphatic rings. The van der Waals surface area contributed by atoms with Crippen LogP contribution in [0.1, 0.15) is 18.4 Å². The van der Waals surface area contributed by atoms with Gasteiger partial charge in [0.15, 0.2) is 0 Å². The van der Waals surface area contributed by atoms with Crippen molar-refractivity contribution >= 4 is 23.2 Å². The number of nitrogens with two attached hydrogens (primary N) is 1. The van der Waals surface area contributed by atoms with Gasteiger partial charge in [0.2, 0.25) is 5.91 Å². The van der Waals surface area contributed by atoms with Crippen LogP contribution in [0, 0.1) is 5.92 Å². The van der Waals surface area contributed by atoms with Crippen molar-refractivity contribution in [1.29, 1.82) is 0 Å². The number of piperidine rings is 1. The van der Waals surface area contributed by atoms with Crippen LogP contribution in [0.15, 0.2) is 18.2 Å². The highest BCUT2D eigenvalue weighted by Crippen LogP contribution is 2.30. The van der Waals surface area contributed by atoms with Gasteiger partial charge in [0, 0.05) is 29.4 Å². The molecular weight excluding hydrogens is 252 g/mol. The number of aliphatic hydroxyl groups excluding tert-OH is 1. The van der Waals surface area contributed by atoms with E-state index < -0.39 is 0 Å². The number of hydrogen-bond acceptors (Lipinski definition) is 3. The number of halogens is 1. The van der Waals surface area contributed by atoms with Crippen LogP contribution >= 0.6 is 11.6 Å². The van der Waals surface area contributed by atoms with E-state index >= 15 is 0 Å². The minimum absolute atomic E-state index is 0.104. The van der Waals surface area contributed by atoms with Gasteiger partial charge < -0.3 is 15.7 Å². The lowest BCUT2D eigenvalue weighted by atomic mass is 9.96. The van der Waals surface area contributed by atoms with Crippen LogP contribution in [0.2, 0.25) is 5.02 Å². The van der Waals surface area contributed by atoms with E-state index in [1.165, 1.54) is 0 Å². The predicted molar refractivity (Wildman–Crippen MR) is 71.5 cm³/mol. The van der Waals surface area contributed by atoms with Gasteiger partial charge in [0.1, 0.15) is 0 Å². The van der Waals surface area contributed by atoms with E-state index in [4.69, 9.17) is 17.3 Å². The normalized spacial score (nSPS) is 19.9. The first kappa shape index (κ1) is 13.2. The molecule has 1 atom stereocenters. The molecule has 0 bridgehead atoms. The van der Waals surface area contributed by atoms with Gasteiger partial charge in [-0.15, -0.1) is 0 Å². The molecule has 18 heavy (non-hydrogen) atoms. The quantitative estimate of drug-likeness (QED) is 0.874. The van der Waals surface area contributed by atoms with Gasteiger partial charge >= 0.3 is 0 Å². The number of carbonyl (C=O) groups is 1. The molecule has 98 valence electrons. The summed E-state index contributed by atoms with van der Waals surface area (Å²) in [7, 11) is 0. The molecule has 1 aliphatic heterocycles. The molecule has 0 aromatic heterocycles. The van der Waals surface area contributed by atoms with E-state index in [0.29, 0.717) is 17.1 Å². The first-order chi connectivity index (χ1) is 8.63. The fourth-order valence-corrected chi connectivity index (χ4v) is 2.66. The Bertz CT molecular complexity index is 451. The lowest BCUT2D eigenvalue weighted by Crippen LogP contribution is -2.41. The number of benzene rings is 1. The third-order valence-electron chi connectivity index (χ3n) is 3.42. The number of primary amides is 1. The summed E-state index contributed by atoms with van der Waals surface area (Å²) in [5.41, 5.74) is 6.98. The zero-order valence-electron chi connectivity index (χ0n) is 10.1. The molecule has 5 heteroatoms. The second kappa shape index (κ2) is 5.59. The zero-order chi connectivity index (χ0) is 13.1. The van der Waals surface area contributed by atoms with Crippen molar-refractivity contribution in [3.63, 3.8) is 0 Å². The third kappa shape index (κ3) is 2.60. The summed E-state index contributed by atoms with van der Waals surface area (Å²) in [5.74, 6) is -0.378. The summed E-state index contributed by atoms with van der Waals surface area (Å²) in [5, 5.41) is 9.95. The average Bonchev–Trinajstić information content (AvgIpc) is 2.38. The van der Waals surface area contributed by atoms with Crippen molar-refractivity contribution in [2.24, 2.45) is 11.7 Å². The van der Waals surface area contributed by atoms with E-state index in [2.05, 4.69) is 4.90 Å². The molecule has 2 rings (SSSR count). The minimum Gasteiger partial charge on any atom is -0.392 e. The number of hydrogen-bond donors (Lipinski definition) is 2. The van der Waals surface area contributed by atoms with Crippen LogP contribution < -0.4 is 10.6 Å². The standard InChI is InChI=1S/C13H17ClN2O2/c14-11-4-1-5-12(10(11)8-17)16-6-2-3-9(7-16)13(15)18/h1,4-5,9,17H,2-3,6-8H2,(H2,15,18). The summed E-state index contributed by atoms with van der Waals surface area (Å²) in [6.45, 7) is 1.35. The zero-order valence-corrected chi connectivity index (χ0v) is 10.9. The maximum absolute atomic E-state index is 11.3. The van der Waals surface area contributed by atoms with Crippen LogP contribution in [0.25, 0.3) is 0 Å². The molecule has 4 nitrogen and oxygen atoms in total. The second-order valence-corrected chi connectivity index (χ2v) is 4.99. The van der Waals surface area contributed by atoms with Crippen LogP contribution in [0.3, 0.4) is 0 Å². The van der Waals surface area contributed by atoms with Crippen LogP contribution in [-0.4, -0.2) is 24.1 Å². The monoisotopic (exact) mass is 268 g/mol. The van der Waals surface area contributed by atoms with Crippen molar-refractivity contribution in [3.8, 4) is 0 Å². The summed E-state index contributed by atoms with van der Waals surface area (Å²) >= 11 is 6.07. The lowest BCUT2D eigenvalue weighted by molar-refractivity contribution is -0.122. The van der Waals surface area contributed by atoms with Crippen molar-refractivity contribution in [2.45, 2.75) is 19.4 Å². The number of amides is 1. The van der Waals surface area contributed by atoms with Gasteiger partial charge in [0.25, 0.3) is 0 Å². The van der Waals surface area contributed by atoms with Crippen molar-refractivity contribution in [2.75, 3.05) is 18.0 Å². The van der Waals surface area contributed by atoms with Crippen molar-refractivity contribution in [3.05, 3.63) is 28.8 Å². The minimum atomic E-state index is -0.257. The highest BCUT2D eigenvalue weighted by atomic mass is 35.5. The first-order valence-electron chi connectivity index (χ1n) is 6.06. The number of nitrogens with zero attached hydrogens (tertiary/aromatic N) is 1. The maximum atomic E-state index is 11.3. The molecule has 0 spiro atoms. The second-order valence-electron chi connectivity index (χ2n) is 4.58. The number of aliphatic hydroxyl groups is 1. The smallest absolute Gasteiger partial charge is 0.222 e. The Hall–Kier alpha value is -1.26. The molecule has 1 amide bonds. The first-order valence-corrected chi connectivity index (χ1v) is 6.43. The van der Waals surface area contributed by atoms with Crippen LogP contribution in [0.4, 0.5) is 5.69 Å². The molecule has 1 aromatic rings. The summed E-state index contributed by atoms with van der Waals surface area (Å²) in [4.78, 5) is 13.4. The molecule has 3 N–H and O–H groups in total. The number of anilines is 1. The molecular formula is C13H17ClN2O2. The van der Waals surface area contributed by atoms with Gasteiger partial charge in [-0.05, 0) is 25.0 Å². The Labute approximate surface area is 111 Å². The SMILES string of the molecule is NC(=O)C1CCCN(c2cccc(Cl)c2CO)C1. The average molecular weight is 269 g/mol. The van der Waals surface area contributed by atoms with E-state index in [0.717, 1.165) is 25.1 Å². The molecule has 1 aromatic carbocycles. The highest BCUT2D eigenvalue weighted by molar-refractivity contribution is 6.31. The van der Waals surface area contributed by atoms with E-state index in [1.807, 2.05) is 12.1 Å². The van der Waals surface area contributed by atoms with Gasteiger partial charge in [-0.2, -0.15) is 0 Å². The van der Waals surface area contributed by atoms with Gasteiger partial charge in [0.05, 0.1) is 12.5 Å². The Morgan fingerprint density at radius 2 is 2.33 bits per heavy atom. The fourth-order valence-electron chi connectivity index (χ4n) is 2.43. The molecule has 1 unspecified atom stereocenters. The Balaban J connectivity index is 2.26. The highest BCUT2D eigenvalue weighted by Gasteiger charge is 2.25. The summed E-state index contributed by atoms with van der Waals surface area (Å²) in [6.07, 6.45) is 1.76. The third-order valence-corrected chi connectivity index (χ3v) is 3.77. The molecule has 1 heterocycles. The van der Waals surface area contributed by atoms with Crippen molar-refractivity contribution < 1.29 is 9.90 Å². The van der Waals surface area contributed by atoms with Gasteiger partial charge in [-0.3, -0.25) is 4.79 Å². The fraction of sp³-hybridized carbons (Fsp3) is 0.462. The van der Waals surface area contributed by atoms with Crippen molar-refractivity contribution in [1.82, 2.24) is 0 Å². The Morgan fingerprint density at radius 3 is 3.00 bits per heavy atom. The predicted octanol–water partition coefficient (Wildman–Crippen LogP) is 1.53. The molecule has 1 fully saturated rings. The van der Waals surface area contributed by atoms with E-state index in [9.17, 15) is 9.90 Å². The number of carbonyl (C=O) groups excluding carboxylic acids is 1. The molecule has 0 saturated carbocycles. The maximum Gasteiger partial charge on any atom is 0.222 e. The van der Waals surface area contributed by atoms with Gasteiger partial charge in [-0.1, -0.05) is 17.7 Å². The van der Waals surface area contributed by atoms with E-state index in [1.54, 1.807) is 6.07 Å².